The lowest BCUT2D eigenvalue weighted by molar-refractivity contribution is -0.146. The van der Waals surface area contributed by atoms with Crippen LogP contribution in [0.3, 0.4) is 0 Å². The Morgan fingerprint density at radius 1 is 1.38 bits per heavy atom. The maximum atomic E-state index is 12.7. The van der Waals surface area contributed by atoms with Crippen LogP contribution < -0.4 is 15.8 Å². The smallest absolute Gasteiger partial charge is 0.401 e. The summed E-state index contributed by atoms with van der Waals surface area (Å²) < 4.78 is 43.5. The fourth-order valence-corrected chi connectivity index (χ4v) is 3.58. The largest absolute Gasteiger partial charge is 0.484 e. The Labute approximate surface area is 204 Å². The summed E-state index contributed by atoms with van der Waals surface area (Å²) in [5, 5.41) is 3.27. The van der Waals surface area contributed by atoms with Crippen LogP contribution in [-0.2, 0) is 11.3 Å². The minimum atomic E-state index is -4.18. The van der Waals surface area contributed by atoms with E-state index in [1.165, 1.54) is 4.90 Å². The van der Waals surface area contributed by atoms with Gasteiger partial charge in [0.1, 0.15) is 5.75 Å². The van der Waals surface area contributed by atoms with E-state index >= 15 is 0 Å². The van der Waals surface area contributed by atoms with E-state index in [4.69, 9.17) is 10.5 Å². The van der Waals surface area contributed by atoms with Gasteiger partial charge in [-0.3, -0.25) is 9.69 Å². The van der Waals surface area contributed by atoms with E-state index in [0.29, 0.717) is 38.5 Å². The third-order valence-electron chi connectivity index (χ3n) is 4.98. The van der Waals surface area contributed by atoms with Crippen LogP contribution in [0.4, 0.5) is 13.2 Å². The van der Waals surface area contributed by atoms with Crippen LogP contribution in [0.25, 0.3) is 0 Å². The molecule has 1 heterocycles. The molecule has 0 aromatic heterocycles. The van der Waals surface area contributed by atoms with Gasteiger partial charge in [0.2, 0.25) is 0 Å². The lowest BCUT2D eigenvalue weighted by Crippen LogP contribution is -2.41. The van der Waals surface area contributed by atoms with E-state index < -0.39 is 18.6 Å². The van der Waals surface area contributed by atoms with Crippen molar-refractivity contribution in [2.24, 2.45) is 16.6 Å². The van der Waals surface area contributed by atoms with Gasteiger partial charge in [0.15, 0.2) is 12.6 Å². The predicted octanol–water partition coefficient (Wildman–Crippen LogP) is 2.84. The average Bonchev–Trinajstić information content (AvgIpc) is 3.16. The standard InChI is InChI=1S/C21H32F3N5O2.HI/c1-3-26-20(27-11-16-6-5-7-18(10-16)31-14-19(25)30)29-9-8-17(13-29)12-28(4-2)15-21(22,23)24;/h5-7,10,17H,3-4,8-9,11-15H2,1-2H3,(H2,25,30)(H,26,27);1H. The van der Waals surface area contributed by atoms with Gasteiger partial charge in [0, 0.05) is 26.2 Å². The highest BCUT2D eigenvalue weighted by Gasteiger charge is 2.33. The van der Waals surface area contributed by atoms with Gasteiger partial charge in [-0.1, -0.05) is 19.1 Å². The number of guanidine groups is 1. The van der Waals surface area contributed by atoms with Crippen LogP contribution in [0.15, 0.2) is 29.3 Å². The van der Waals surface area contributed by atoms with Crippen molar-refractivity contribution in [2.45, 2.75) is 33.0 Å². The Balaban J connectivity index is 0.00000512. The van der Waals surface area contributed by atoms with Crippen molar-refractivity contribution in [1.29, 1.82) is 0 Å². The molecule has 0 aliphatic carbocycles. The van der Waals surface area contributed by atoms with Crippen LogP contribution >= 0.6 is 24.0 Å². The second-order valence-corrected chi connectivity index (χ2v) is 7.62. The lowest BCUT2D eigenvalue weighted by atomic mass is 10.1. The quantitative estimate of drug-likeness (QED) is 0.257. The predicted molar refractivity (Wildman–Crippen MR) is 129 cm³/mol. The summed E-state index contributed by atoms with van der Waals surface area (Å²) in [6.07, 6.45) is -3.35. The van der Waals surface area contributed by atoms with Crippen molar-refractivity contribution < 1.29 is 22.7 Å². The Morgan fingerprint density at radius 3 is 2.75 bits per heavy atom. The molecule has 1 aliphatic heterocycles. The van der Waals surface area contributed by atoms with Crippen molar-refractivity contribution in [3.8, 4) is 5.75 Å². The Kier molecular flexibility index (Phi) is 12.1. The van der Waals surface area contributed by atoms with E-state index in [9.17, 15) is 18.0 Å². The number of benzene rings is 1. The SMILES string of the molecule is CCNC(=NCc1cccc(OCC(N)=O)c1)N1CCC(CN(CC)CC(F)(F)F)C1.I. The fourth-order valence-electron chi connectivity index (χ4n) is 3.58. The number of hydrogen-bond donors (Lipinski definition) is 2. The molecule has 1 aromatic rings. The number of alkyl halides is 3. The zero-order valence-electron chi connectivity index (χ0n) is 18.5. The summed E-state index contributed by atoms with van der Waals surface area (Å²) in [5.41, 5.74) is 6.01. The maximum Gasteiger partial charge on any atom is 0.401 e. The van der Waals surface area contributed by atoms with E-state index in [1.54, 1.807) is 19.1 Å². The molecule has 7 nitrogen and oxygen atoms in total. The molecule has 1 aromatic carbocycles. The summed E-state index contributed by atoms with van der Waals surface area (Å²) >= 11 is 0. The third kappa shape index (κ3) is 10.2. The topological polar surface area (TPSA) is 83.2 Å². The van der Waals surface area contributed by atoms with Gasteiger partial charge in [-0.25, -0.2) is 4.99 Å². The zero-order valence-corrected chi connectivity index (χ0v) is 20.9. The number of primary amides is 1. The molecule has 1 amide bonds. The molecule has 1 saturated heterocycles. The monoisotopic (exact) mass is 571 g/mol. The summed E-state index contributed by atoms with van der Waals surface area (Å²) in [7, 11) is 0. The number of amides is 1. The number of nitrogens with two attached hydrogens (primary N) is 1. The van der Waals surface area contributed by atoms with Crippen molar-refractivity contribution >= 4 is 35.8 Å². The van der Waals surface area contributed by atoms with E-state index in [-0.39, 0.29) is 36.5 Å². The molecule has 0 saturated carbocycles. The number of aliphatic imine (C=N–C) groups is 1. The summed E-state index contributed by atoms with van der Waals surface area (Å²) in [4.78, 5) is 19.1. The molecule has 11 heteroatoms. The molecule has 1 atom stereocenters. The van der Waals surface area contributed by atoms with Crippen LogP contribution in [0.2, 0.25) is 0 Å². The number of rotatable bonds is 10. The highest BCUT2D eigenvalue weighted by atomic mass is 127. The van der Waals surface area contributed by atoms with Crippen LogP contribution in [0, 0.1) is 5.92 Å². The van der Waals surface area contributed by atoms with E-state index in [2.05, 4.69) is 15.2 Å². The van der Waals surface area contributed by atoms with Gasteiger partial charge in [0.05, 0.1) is 13.1 Å². The summed E-state index contributed by atoms with van der Waals surface area (Å²) in [6.45, 7) is 5.99. The molecule has 1 fully saturated rings. The van der Waals surface area contributed by atoms with E-state index in [0.717, 1.165) is 24.5 Å². The number of carbonyl (C=O) groups excluding carboxylic acids is 1. The molecule has 0 spiro atoms. The average molecular weight is 571 g/mol. The first-order valence-corrected chi connectivity index (χ1v) is 10.5. The van der Waals surface area contributed by atoms with Gasteiger partial charge in [-0.2, -0.15) is 13.2 Å². The van der Waals surface area contributed by atoms with Gasteiger partial charge in [-0.05, 0) is 43.5 Å². The van der Waals surface area contributed by atoms with Crippen LogP contribution in [0.5, 0.6) is 5.75 Å². The van der Waals surface area contributed by atoms with Gasteiger partial charge < -0.3 is 20.7 Å². The highest BCUT2D eigenvalue weighted by Crippen LogP contribution is 2.22. The first kappa shape index (κ1) is 28.3. The van der Waals surface area contributed by atoms with Crippen molar-refractivity contribution in [2.75, 3.05) is 45.9 Å². The van der Waals surface area contributed by atoms with Crippen molar-refractivity contribution in [3.05, 3.63) is 29.8 Å². The van der Waals surface area contributed by atoms with Gasteiger partial charge in [-0.15, -0.1) is 24.0 Å². The Morgan fingerprint density at radius 2 is 2.12 bits per heavy atom. The fraction of sp³-hybridized carbons (Fsp3) is 0.619. The molecule has 0 bridgehead atoms. The zero-order chi connectivity index (χ0) is 22.9. The molecule has 32 heavy (non-hydrogen) atoms. The Bertz CT molecular complexity index is 748. The van der Waals surface area contributed by atoms with Crippen LogP contribution in [0.1, 0.15) is 25.8 Å². The number of nitrogens with one attached hydrogen (secondary N) is 1. The van der Waals surface area contributed by atoms with Crippen molar-refractivity contribution in [3.63, 3.8) is 0 Å². The molecule has 3 N–H and O–H groups in total. The van der Waals surface area contributed by atoms with Crippen molar-refractivity contribution in [1.82, 2.24) is 15.1 Å². The lowest BCUT2D eigenvalue weighted by Gasteiger charge is -2.26. The number of halogens is 4. The molecular weight excluding hydrogens is 538 g/mol. The maximum absolute atomic E-state index is 12.7. The highest BCUT2D eigenvalue weighted by molar-refractivity contribution is 14.0. The van der Waals surface area contributed by atoms with Gasteiger partial charge in [0.25, 0.3) is 5.91 Å². The molecule has 182 valence electrons. The summed E-state index contributed by atoms with van der Waals surface area (Å²) in [5.74, 6) is 0.907. The number of hydrogen-bond acceptors (Lipinski definition) is 4. The van der Waals surface area contributed by atoms with E-state index in [1.807, 2.05) is 19.1 Å². The van der Waals surface area contributed by atoms with Crippen LogP contribution in [-0.4, -0.2) is 73.7 Å². The first-order valence-electron chi connectivity index (χ1n) is 10.5. The Hall–Kier alpha value is -1.76. The third-order valence-corrected chi connectivity index (χ3v) is 4.98. The molecule has 0 radical (unpaired) electrons. The molecule has 2 rings (SSSR count). The number of nitrogens with zero attached hydrogens (tertiary/aromatic N) is 3. The molecule has 1 aliphatic rings. The number of ether oxygens (including phenoxy) is 1. The second kappa shape index (κ2) is 13.7. The number of likely N-dealkylation sites (tertiary alicyclic amines) is 1. The van der Waals surface area contributed by atoms with Gasteiger partial charge >= 0.3 is 6.18 Å². The normalized spacial score (nSPS) is 16.8. The second-order valence-electron chi connectivity index (χ2n) is 7.62. The summed E-state index contributed by atoms with van der Waals surface area (Å²) in [6, 6.07) is 7.28. The number of carbonyl (C=O) groups is 1. The molecule has 1 unspecified atom stereocenters. The minimum absolute atomic E-state index is 0. The first-order chi connectivity index (χ1) is 14.7. The molecular formula is C21H33F3IN5O2. The minimum Gasteiger partial charge on any atom is -0.484 e.